The van der Waals surface area contributed by atoms with Gasteiger partial charge in [-0.3, -0.25) is 14.0 Å². The molecule has 1 unspecified atom stereocenters. The van der Waals surface area contributed by atoms with Crippen LogP contribution in [0.3, 0.4) is 0 Å². The average Bonchev–Trinajstić information content (AvgIpc) is 3.44. The van der Waals surface area contributed by atoms with Gasteiger partial charge in [0.2, 0.25) is 11.7 Å². The average molecular weight is 597 g/mol. The summed E-state index contributed by atoms with van der Waals surface area (Å²) in [6.07, 6.45) is 4.35. The predicted molar refractivity (Wildman–Crippen MR) is 157 cm³/mol. The van der Waals surface area contributed by atoms with E-state index in [1.54, 1.807) is 28.8 Å². The van der Waals surface area contributed by atoms with Crippen molar-refractivity contribution in [2.24, 2.45) is 11.5 Å². The van der Waals surface area contributed by atoms with Crippen LogP contribution in [0, 0.1) is 11.6 Å². The zero-order valence-corrected chi connectivity index (χ0v) is 23.7. The summed E-state index contributed by atoms with van der Waals surface area (Å²) in [5.41, 5.74) is 13.6. The fraction of sp³-hybridized carbons (Fsp3) is 0.310. The quantitative estimate of drug-likeness (QED) is 0.134. The summed E-state index contributed by atoms with van der Waals surface area (Å²) in [6.45, 7) is 2.01. The molecule has 2 heterocycles. The molecular formula is C29H34F2N8O4. The number of nitrogens with zero attached hydrogens (tertiary/aromatic N) is 3. The van der Waals surface area contributed by atoms with E-state index >= 15 is 0 Å². The zero-order valence-electron chi connectivity index (χ0n) is 23.7. The van der Waals surface area contributed by atoms with Gasteiger partial charge in [0.25, 0.3) is 5.91 Å². The third-order valence-corrected chi connectivity index (χ3v) is 6.79. The smallest absolute Gasteiger partial charge is 0.251 e. The predicted octanol–water partition coefficient (Wildman–Crippen LogP) is 1.87. The molecule has 0 saturated heterocycles. The number of hydrogen-bond donors (Lipinski definition) is 6. The highest BCUT2D eigenvalue weighted by atomic mass is 19.2. The van der Waals surface area contributed by atoms with E-state index < -0.39 is 29.7 Å². The molecule has 228 valence electrons. The maximum Gasteiger partial charge on any atom is 0.251 e. The minimum absolute atomic E-state index is 0.00857. The van der Waals surface area contributed by atoms with E-state index in [-0.39, 0.29) is 36.9 Å². The van der Waals surface area contributed by atoms with E-state index in [2.05, 4.69) is 25.9 Å². The summed E-state index contributed by atoms with van der Waals surface area (Å²) in [4.78, 5) is 33.5. The van der Waals surface area contributed by atoms with Crippen molar-refractivity contribution in [3.8, 4) is 17.0 Å². The fourth-order valence-electron chi connectivity index (χ4n) is 4.45. The number of benzene rings is 2. The van der Waals surface area contributed by atoms with Crippen molar-refractivity contribution < 1.29 is 28.2 Å². The molecule has 0 saturated carbocycles. The molecule has 0 aliphatic carbocycles. The summed E-state index contributed by atoms with van der Waals surface area (Å²) in [5, 5.41) is 18.6. The molecule has 2 amide bonds. The van der Waals surface area contributed by atoms with Gasteiger partial charge in [-0.15, -0.1) is 0 Å². The first-order chi connectivity index (χ1) is 20.7. The number of halogens is 2. The summed E-state index contributed by atoms with van der Waals surface area (Å²) in [6, 6.07) is 7.12. The van der Waals surface area contributed by atoms with Crippen LogP contribution in [0.5, 0.6) is 5.75 Å². The molecule has 0 radical (unpaired) electrons. The van der Waals surface area contributed by atoms with Crippen molar-refractivity contribution in [1.29, 1.82) is 0 Å². The number of carbonyl (C=O) groups excluding carboxylic acids is 2. The molecule has 8 N–H and O–H groups in total. The monoisotopic (exact) mass is 596 g/mol. The Labute approximate surface area is 246 Å². The zero-order chi connectivity index (χ0) is 31.1. The van der Waals surface area contributed by atoms with Gasteiger partial charge < -0.3 is 37.3 Å². The van der Waals surface area contributed by atoms with Crippen molar-refractivity contribution in [1.82, 2.24) is 25.0 Å². The Hall–Kier alpha value is -4.66. The van der Waals surface area contributed by atoms with Crippen LogP contribution in [0.4, 0.5) is 20.3 Å². The molecule has 0 aliphatic heterocycles. The lowest BCUT2D eigenvalue weighted by atomic mass is 10.0. The standard InChI is InChI=1S/C29H34F2N8O4/c1-3-16-12-17(4-5-19(16)28(41)36-13-18(40)14-37-29(42)21(33)8-9-32)38-26-27-35-15-22(39(27)11-10-34-26)20-6-7-23(43-2)25(31)24(20)30/h4-7,10-12,15,18,21,40H,3,8-9,13-14,32-33H2,1-2H3,(H,34,38)(H,36,41)(H,37,42)/t18?,21-/m0/s1. The van der Waals surface area contributed by atoms with Crippen LogP contribution in [0.25, 0.3) is 16.9 Å². The van der Waals surface area contributed by atoms with Gasteiger partial charge in [-0.1, -0.05) is 6.92 Å². The molecule has 0 aliphatic rings. The highest BCUT2D eigenvalue weighted by Gasteiger charge is 2.20. The van der Waals surface area contributed by atoms with Crippen molar-refractivity contribution in [3.05, 3.63) is 71.7 Å². The van der Waals surface area contributed by atoms with Crippen LogP contribution in [0.15, 0.2) is 48.9 Å². The van der Waals surface area contributed by atoms with Gasteiger partial charge in [0.15, 0.2) is 23.0 Å². The van der Waals surface area contributed by atoms with Gasteiger partial charge >= 0.3 is 0 Å². The maximum atomic E-state index is 14.8. The second-order valence-electron chi connectivity index (χ2n) is 9.70. The Morgan fingerprint density at radius 3 is 2.60 bits per heavy atom. The molecule has 43 heavy (non-hydrogen) atoms. The lowest BCUT2D eigenvalue weighted by molar-refractivity contribution is -0.122. The second-order valence-corrected chi connectivity index (χ2v) is 9.70. The minimum atomic E-state index is -1.09. The number of amides is 2. The van der Waals surface area contributed by atoms with Gasteiger partial charge in [0.05, 0.1) is 31.1 Å². The molecular weight excluding hydrogens is 562 g/mol. The van der Waals surface area contributed by atoms with Crippen LogP contribution in [-0.4, -0.2) is 70.2 Å². The number of anilines is 2. The fourth-order valence-corrected chi connectivity index (χ4v) is 4.45. The third-order valence-electron chi connectivity index (χ3n) is 6.79. The Morgan fingerprint density at radius 2 is 1.88 bits per heavy atom. The number of nitrogens with two attached hydrogens (primary N) is 2. The highest BCUT2D eigenvalue weighted by molar-refractivity contribution is 5.96. The van der Waals surface area contributed by atoms with Crippen LogP contribution in [0.1, 0.15) is 29.3 Å². The molecule has 0 fully saturated rings. The molecule has 4 aromatic rings. The molecule has 2 aromatic heterocycles. The third kappa shape index (κ3) is 7.05. The van der Waals surface area contributed by atoms with Gasteiger partial charge in [0, 0.05) is 42.3 Å². The number of fused-ring (bicyclic) bond motifs is 1. The van der Waals surface area contributed by atoms with Crippen molar-refractivity contribution in [3.63, 3.8) is 0 Å². The van der Waals surface area contributed by atoms with Gasteiger partial charge in [0.1, 0.15) is 0 Å². The Balaban J connectivity index is 1.46. The van der Waals surface area contributed by atoms with Crippen LogP contribution in [-0.2, 0) is 11.2 Å². The number of nitrogens with one attached hydrogen (secondary N) is 3. The lowest BCUT2D eigenvalue weighted by Gasteiger charge is -2.16. The maximum absolute atomic E-state index is 14.8. The highest BCUT2D eigenvalue weighted by Crippen LogP contribution is 2.31. The molecule has 12 nitrogen and oxygen atoms in total. The molecule has 2 aromatic carbocycles. The van der Waals surface area contributed by atoms with Crippen LogP contribution in [0.2, 0.25) is 0 Å². The Kier molecular flexibility index (Phi) is 10.2. The number of imidazole rings is 1. The molecule has 14 heteroatoms. The number of aliphatic hydroxyl groups is 1. The second kappa shape index (κ2) is 14.0. The number of aryl methyl sites for hydroxylation is 1. The summed E-state index contributed by atoms with van der Waals surface area (Å²) >= 11 is 0. The first-order valence-corrected chi connectivity index (χ1v) is 13.6. The summed E-state index contributed by atoms with van der Waals surface area (Å²) < 4.78 is 35.6. The number of aliphatic hydroxyl groups excluding tert-OH is 1. The van der Waals surface area contributed by atoms with E-state index in [0.717, 1.165) is 5.56 Å². The van der Waals surface area contributed by atoms with Gasteiger partial charge in [-0.25, -0.2) is 14.4 Å². The van der Waals surface area contributed by atoms with E-state index in [1.807, 2.05) is 6.92 Å². The van der Waals surface area contributed by atoms with E-state index in [0.29, 0.717) is 41.3 Å². The number of carbonyl (C=O) groups is 2. The van der Waals surface area contributed by atoms with Gasteiger partial charge in [-0.2, -0.15) is 4.39 Å². The largest absolute Gasteiger partial charge is 0.494 e. The van der Waals surface area contributed by atoms with Gasteiger partial charge in [-0.05, 0) is 55.3 Å². The molecule has 2 atom stereocenters. The van der Waals surface area contributed by atoms with E-state index in [9.17, 15) is 23.5 Å². The first-order valence-electron chi connectivity index (χ1n) is 13.6. The normalized spacial score (nSPS) is 12.5. The number of methoxy groups -OCH3 is 1. The minimum Gasteiger partial charge on any atom is -0.494 e. The topological polar surface area (TPSA) is 182 Å². The van der Waals surface area contributed by atoms with Crippen molar-refractivity contribution in [2.45, 2.75) is 31.9 Å². The molecule has 0 spiro atoms. The van der Waals surface area contributed by atoms with Crippen LogP contribution >= 0.6 is 0 Å². The summed E-state index contributed by atoms with van der Waals surface area (Å²) in [7, 11) is 1.26. The Bertz CT molecular complexity index is 1610. The van der Waals surface area contributed by atoms with Crippen LogP contribution < -0.4 is 32.2 Å². The number of hydrogen-bond acceptors (Lipinski definition) is 9. The lowest BCUT2D eigenvalue weighted by Crippen LogP contribution is -2.46. The van der Waals surface area contributed by atoms with Crippen molar-refractivity contribution >= 4 is 29.0 Å². The first kappa shape index (κ1) is 31.3. The Morgan fingerprint density at radius 1 is 1.12 bits per heavy atom. The molecule has 4 rings (SSSR count). The SMILES string of the molecule is CCc1cc(Nc2nccn3c(-c4ccc(OC)c(F)c4F)cnc23)ccc1C(=O)NCC(O)CNC(=O)[C@@H](N)CCN. The number of aromatic nitrogens is 3. The van der Waals surface area contributed by atoms with E-state index in [4.69, 9.17) is 16.2 Å². The molecule has 0 bridgehead atoms. The van der Waals surface area contributed by atoms with E-state index in [1.165, 1.54) is 31.6 Å². The summed E-state index contributed by atoms with van der Waals surface area (Å²) in [5.74, 6) is -2.81. The number of rotatable bonds is 13. The van der Waals surface area contributed by atoms with Crippen molar-refractivity contribution in [2.75, 3.05) is 32.1 Å². The number of ether oxygens (including phenoxy) is 1.